The van der Waals surface area contributed by atoms with E-state index >= 15 is 0 Å². The molecular formula is C29H31N5O3. The third-order valence-corrected chi connectivity index (χ3v) is 5.99. The minimum atomic E-state index is -1.04. The van der Waals surface area contributed by atoms with Crippen LogP contribution in [0.15, 0.2) is 85.1 Å². The molecule has 37 heavy (non-hydrogen) atoms. The molecule has 0 aliphatic heterocycles. The van der Waals surface area contributed by atoms with E-state index in [0.29, 0.717) is 44.6 Å². The second-order valence-corrected chi connectivity index (χ2v) is 8.80. The van der Waals surface area contributed by atoms with Crippen molar-refractivity contribution < 1.29 is 14.7 Å². The number of aromatic nitrogens is 2. The lowest BCUT2D eigenvalue weighted by molar-refractivity contribution is -0.139. The van der Waals surface area contributed by atoms with Gasteiger partial charge in [-0.3, -0.25) is 14.8 Å². The monoisotopic (exact) mass is 497 g/mol. The highest BCUT2D eigenvalue weighted by atomic mass is 16.4. The number of benzene rings is 2. The number of nitrogens with one attached hydrogen (secondary N) is 3. The zero-order chi connectivity index (χ0) is 25.9. The van der Waals surface area contributed by atoms with E-state index < -0.39 is 17.9 Å². The van der Waals surface area contributed by atoms with Crippen molar-refractivity contribution in [2.75, 3.05) is 6.54 Å². The standard InChI is InChI=1S/C29H31N5O3/c35-28(23-12-10-21(11-13-23)18-31-19-24-7-3-4-17-32-24)34-27(29(36)37)9-5-16-30-20-25-15-14-22-6-1-2-8-26(22)33-25/h1-4,6-8,10-15,17,27,30-31H,5,9,16,18-20H2,(H,34,35)(H,36,37)/t27-/m0/s1. The predicted octanol–water partition coefficient (Wildman–Crippen LogP) is 3.67. The molecule has 4 N–H and O–H groups in total. The molecule has 0 fully saturated rings. The van der Waals surface area contributed by atoms with Gasteiger partial charge in [0.2, 0.25) is 0 Å². The highest BCUT2D eigenvalue weighted by Crippen LogP contribution is 2.12. The minimum absolute atomic E-state index is 0.328. The van der Waals surface area contributed by atoms with Crippen LogP contribution in [-0.2, 0) is 24.4 Å². The van der Waals surface area contributed by atoms with E-state index in [9.17, 15) is 14.7 Å². The van der Waals surface area contributed by atoms with Crippen molar-refractivity contribution in [3.8, 4) is 0 Å². The number of carboxylic acids is 1. The number of pyridine rings is 2. The van der Waals surface area contributed by atoms with Crippen LogP contribution in [0.4, 0.5) is 0 Å². The first-order chi connectivity index (χ1) is 18.1. The summed E-state index contributed by atoms with van der Waals surface area (Å²) in [4.78, 5) is 33.2. The Morgan fingerprint density at radius 1 is 0.811 bits per heavy atom. The normalized spacial score (nSPS) is 11.8. The van der Waals surface area contributed by atoms with Crippen molar-refractivity contribution in [3.05, 3.63) is 108 Å². The molecule has 1 atom stereocenters. The molecule has 190 valence electrons. The third kappa shape index (κ3) is 7.93. The number of carbonyl (C=O) groups is 2. The van der Waals surface area contributed by atoms with E-state index in [-0.39, 0.29) is 0 Å². The number of fused-ring (bicyclic) bond motifs is 1. The van der Waals surface area contributed by atoms with Gasteiger partial charge in [0.05, 0.1) is 16.9 Å². The molecule has 0 saturated carbocycles. The predicted molar refractivity (Wildman–Crippen MR) is 143 cm³/mol. The molecule has 0 unspecified atom stereocenters. The molecule has 0 aliphatic rings. The Morgan fingerprint density at radius 2 is 1.59 bits per heavy atom. The van der Waals surface area contributed by atoms with Gasteiger partial charge in [-0.2, -0.15) is 0 Å². The number of hydrogen-bond acceptors (Lipinski definition) is 6. The largest absolute Gasteiger partial charge is 0.480 e. The maximum absolute atomic E-state index is 12.6. The van der Waals surface area contributed by atoms with Gasteiger partial charge in [-0.05, 0) is 61.3 Å². The molecule has 2 aromatic carbocycles. The maximum Gasteiger partial charge on any atom is 0.326 e. The molecule has 8 nitrogen and oxygen atoms in total. The van der Waals surface area contributed by atoms with Crippen molar-refractivity contribution in [2.45, 2.75) is 38.5 Å². The number of nitrogens with zero attached hydrogens (tertiary/aromatic N) is 2. The van der Waals surface area contributed by atoms with E-state index in [0.717, 1.165) is 27.9 Å². The second-order valence-electron chi connectivity index (χ2n) is 8.80. The van der Waals surface area contributed by atoms with Gasteiger partial charge in [-0.25, -0.2) is 4.79 Å². The Bertz CT molecular complexity index is 1310. The number of carbonyl (C=O) groups excluding carboxylic acids is 1. The molecule has 0 spiro atoms. The summed E-state index contributed by atoms with van der Waals surface area (Å²) < 4.78 is 0. The summed E-state index contributed by atoms with van der Waals surface area (Å²) in [6, 6.07) is 24.0. The summed E-state index contributed by atoms with van der Waals surface area (Å²) >= 11 is 0. The Morgan fingerprint density at radius 3 is 2.38 bits per heavy atom. The van der Waals surface area contributed by atoms with Crippen LogP contribution in [0.2, 0.25) is 0 Å². The zero-order valence-corrected chi connectivity index (χ0v) is 20.6. The molecule has 0 saturated heterocycles. The van der Waals surface area contributed by atoms with Gasteiger partial charge in [0.1, 0.15) is 6.04 Å². The summed E-state index contributed by atoms with van der Waals surface area (Å²) in [6.07, 6.45) is 2.69. The molecule has 0 radical (unpaired) electrons. The van der Waals surface area contributed by atoms with E-state index in [1.54, 1.807) is 18.3 Å². The van der Waals surface area contributed by atoms with Crippen LogP contribution in [0.5, 0.6) is 0 Å². The van der Waals surface area contributed by atoms with E-state index in [4.69, 9.17) is 0 Å². The van der Waals surface area contributed by atoms with Gasteiger partial charge in [0, 0.05) is 36.8 Å². The van der Waals surface area contributed by atoms with Gasteiger partial charge >= 0.3 is 5.97 Å². The molecule has 2 aromatic heterocycles. The third-order valence-electron chi connectivity index (χ3n) is 5.99. The Kier molecular flexibility index (Phi) is 9.29. The van der Waals surface area contributed by atoms with Crippen LogP contribution >= 0.6 is 0 Å². The van der Waals surface area contributed by atoms with Gasteiger partial charge in [0.25, 0.3) is 5.91 Å². The summed E-state index contributed by atoms with van der Waals surface area (Å²) in [5.41, 5.74) is 4.29. The first-order valence-corrected chi connectivity index (χ1v) is 12.4. The van der Waals surface area contributed by atoms with Crippen LogP contribution in [0, 0.1) is 0 Å². The molecule has 1 amide bonds. The SMILES string of the molecule is O=C(N[C@@H](CCCNCc1ccc2ccccc2n1)C(=O)O)c1ccc(CNCc2ccccn2)cc1. The minimum Gasteiger partial charge on any atom is -0.480 e. The molecule has 8 heteroatoms. The summed E-state index contributed by atoms with van der Waals surface area (Å²) in [5.74, 6) is -1.44. The van der Waals surface area contributed by atoms with Crippen molar-refractivity contribution in [1.82, 2.24) is 25.9 Å². The van der Waals surface area contributed by atoms with Gasteiger partial charge in [-0.15, -0.1) is 0 Å². The van der Waals surface area contributed by atoms with Gasteiger partial charge in [0.15, 0.2) is 0 Å². The molecular weight excluding hydrogens is 466 g/mol. The van der Waals surface area contributed by atoms with E-state index in [1.165, 1.54) is 0 Å². The van der Waals surface area contributed by atoms with Crippen LogP contribution in [-0.4, -0.2) is 39.5 Å². The first kappa shape index (κ1) is 25.9. The number of rotatable bonds is 13. The highest BCUT2D eigenvalue weighted by molar-refractivity contribution is 5.96. The van der Waals surface area contributed by atoms with Crippen LogP contribution in [0.3, 0.4) is 0 Å². The molecule has 4 aromatic rings. The van der Waals surface area contributed by atoms with Gasteiger partial charge < -0.3 is 21.1 Å². The van der Waals surface area contributed by atoms with Crippen molar-refractivity contribution in [3.63, 3.8) is 0 Å². The zero-order valence-electron chi connectivity index (χ0n) is 20.6. The fourth-order valence-corrected chi connectivity index (χ4v) is 3.96. The lowest BCUT2D eigenvalue weighted by Crippen LogP contribution is -2.41. The molecule has 0 aliphatic carbocycles. The quantitative estimate of drug-likeness (QED) is 0.208. The van der Waals surface area contributed by atoms with Crippen LogP contribution in [0.25, 0.3) is 10.9 Å². The average Bonchev–Trinajstić information content (AvgIpc) is 2.93. The highest BCUT2D eigenvalue weighted by Gasteiger charge is 2.20. The smallest absolute Gasteiger partial charge is 0.326 e. The van der Waals surface area contributed by atoms with Crippen LogP contribution < -0.4 is 16.0 Å². The number of aliphatic carboxylic acids is 1. The summed E-state index contributed by atoms with van der Waals surface area (Å²) in [7, 11) is 0. The molecule has 4 rings (SSSR count). The number of para-hydroxylation sites is 1. The van der Waals surface area contributed by atoms with Crippen molar-refractivity contribution in [2.24, 2.45) is 0 Å². The lowest BCUT2D eigenvalue weighted by Gasteiger charge is -2.15. The first-order valence-electron chi connectivity index (χ1n) is 12.4. The second kappa shape index (κ2) is 13.2. The van der Waals surface area contributed by atoms with Crippen molar-refractivity contribution >= 4 is 22.8 Å². The number of hydrogen-bond donors (Lipinski definition) is 4. The number of carboxylic acid groups (broad SMARTS) is 1. The molecule has 2 heterocycles. The van der Waals surface area contributed by atoms with Gasteiger partial charge in [-0.1, -0.05) is 42.5 Å². The van der Waals surface area contributed by atoms with Crippen molar-refractivity contribution in [1.29, 1.82) is 0 Å². The average molecular weight is 498 g/mol. The fourth-order valence-electron chi connectivity index (χ4n) is 3.96. The maximum atomic E-state index is 12.6. The topological polar surface area (TPSA) is 116 Å². The fraction of sp³-hybridized carbons (Fsp3) is 0.241. The Hall–Kier alpha value is -4.14. The lowest BCUT2D eigenvalue weighted by atomic mass is 10.1. The summed E-state index contributed by atoms with van der Waals surface area (Å²) in [5, 5.41) is 19.9. The Balaban J connectivity index is 1.18. The summed E-state index contributed by atoms with van der Waals surface area (Å²) in [6.45, 7) is 2.50. The van der Waals surface area contributed by atoms with E-state index in [1.807, 2.05) is 66.7 Å². The van der Waals surface area contributed by atoms with E-state index in [2.05, 4.69) is 25.9 Å². The van der Waals surface area contributed by atoms with Crippen LogP contribution in [0.1, 0.15) is 40.2 Å². The Labute approximate surface area is 216 Å². The number of amides is 1. The molecule has 0 bridgehead atoms.